The van der Waals surface area contributed by atoms with Gasteiger partial charge in [-0.05, 0) is 29.3 Å². The van der Waals surface area contributed by atoms with Gasteiger partial charge < -0.3 is 15.2 Å². The molecule has 6 heteroatoms. The van der Waals surface area contributed by atoms with Crippen molar-refractivity contribution in [1.82, 2.24) is 5.32 Å². The summed E-state index contributed by atoms with van der Waals surface area (Å²) in [5, 5.41) is 12.6. The average Bonchev–Trinajstić information content (AvgIpc) is 2.50. The van der Waals surface area contributed by atoms with Crippen molar-refractivity contribution in [1.29, 1.82) is 0 Å². The van der Waals surface area contributed by atoms with Crippen molar-refractivity contribution in [3.05, 3.63) is 64.2 Å². The fourth-order valence-electron chi connectivity index (χ4n) is 2.00. The molecule has 2 aromatic carbocycles. The summed E-state index contributed by atoms with van der Waals surface area (Å²) in [4.78, 5) is 0. The van der Waals surface area contributed by atoms with E-state index in [9.17, 15) is 8.78 Å². The Hall–Kier alpha value is -1.69. The Bertz CT molecular complexity index is 606. The molecule has 0 bridgehead atoms. The maximum absolute atomic E-state index is 12.4. The Kier molecular flexibility index (Phi) is 6.12. The molecule has 0 aromatic heterocycles. The van der Waals surface area contributed by atoms with Gasteiger partial charge in [0.15, 0.2) is 0 Å². The highest BCUT2D eigenvalue weighted by Crippen LogP contribution is 2.24. The van der Waals surface area contributed by atoms with Gasteiger partial charge in [0.2, 0.25) is 0 Å². The lowest BCUT2D eigenvalue weighted by molar-refractivity contribution is -0.0505. The van der Waals surface area contributed by atoms with Crippen LogP contribution in [0.4, 0.5) is 8.78 Å². The molecule has 0 heterocycles. The minimum Gasteiger partial charge on any atom is -0.434 e. The molecule has 0 aliphatic carbocycles. The Labute approximate surface area is 132 Å². The summed E-state index contributed by atoms with van der Waals surface area (Å²) in [5.74, 6) is 0.113. The first-order valence-corrected chi connectivity index (χ1v) is 7.09. The third kappa shape index (κ3) is 4.94. The molecule has 0 radical (unpaired) electrons. The van der Waals surface area contributed by atoms with E-state index in [0.29, 0.717) is 23.7 Å². The predicted molar refractivity (Wildman–Crippen MR) is 81.0 cm³/mol. The summed E-state index contributed by atoms with van der Waals surface area (Å²) >= 11 is 5.89. The summed E-state index contributed by atoms with van der Waals surface area (Å²) in [6.45, 7) is -1.95. The lowest BCUT2D eigenvalue weighted by Gasteiger charge is -2.12. The van der Waals surface area contributed by atoms with Crippen molar-refractivity contribution < 1.29 is 18.6 Å². The number of aliphatic hydroxyl groups excluding tert-OH is 1. The molecule has 22 heavy (non-hydrogen) atoms. The van der Waals surface area contributed by atoms with E-state index in [1.807, 2.05) is 24.3 Å². The zero-order valence-corrected chi connectivity index (χ0v) is 12.5. The van der Waals surface area contributed by atoms with Gasteiger partial charge in [0.25, 0.3) is 0 Å². The summed E-state index contributed by atoms with van der Waals surface area (Å²) in [6, 6.07) is 12.0. The standard InChI is InChI=1S/C16H16ClF2NO2/c17-14-5-6-15(22-16(18)19)13(7-14)9-20-8-11-1-3-12(10-21)4-2-11/h1-7,16,20-21H,8-10H2. The lowest BCUT2D eigenvalue weighted by Crippen LogP contribution is -2.14. The first kappa shape index (κ1) is 16.7. The lowest BCUT2D eigenvalue weighted by atomic mass is 10.1. The minimum absolute atomic E-state index is 0.00451. The number of alkyl halides is 2. The summed E-state index contributed by atoms with van der Waals surface area (Å²) in [6.07, 6.45) is 0. The van der Waals surface area contributed by atoms with Crippen LogP contribution >= 0.6 is 11.6 Å². The van der Waals surface area contributed by atoms with Crippen molar-refractivity contribution in [3.8, 4) is 5.75 Å². The van der Waals surface area contributed by atoms with Crippen molar-refractivity contribution in [2.24, 2.45) is 0 Å². The number of benzene rings is 2. The largest absolute Gasteiger partial charge is 0.434 e. The van der Waals surface area contributed by atoms with E-state index in [1.165, 1.54) is 12.1 Å². The van der Waals surface area contributed by atoms with Gasteiger partial charge in [-0.25, -0.2) is 0 Å². The maximum Gasteiger partial charge on any atom is 0.387 e. The molecule has 0 amide bonds. The molecule has 0 fully saturated rings. The molecule has 0 aliphatic rings. The van der Waals surface area contributed by atoms with Gasteiger partial charge in [-0.1, -0.05) is 35.9 Å². The molecule has 2 rings (SSSR count). The van der Waals surface area contributed by atoms with Gasteiger partial charge >= 0.3 is 6.61 Å². The molecule has 0 atom stereocenters. The fraction of sp³-hybridized carbons (Fsp3) is 0.250. The van der Waals surface area contributed by atoms with Crippen LogP contribution in [-0.2, 0) is 19.7 Å². The van der Waals surface area contributed by atoms with Crippen LogP contribution < -0.4 is 10.1 Å². The third-order valence-electron chi connectivity index (χ3n) is 3.09. The average molecular weight is 328 g/mol. The Morgan fingerprint density at radius 3 is 2.36 bits per heavy atom. The van der Waals surface area contributed by atoms with E-state index >= 15 is 0 Å². The molecular formula is C16H16ClF2NO2. The Morgan fingerprint density at radius 2 is 1.73 bits per heavy atom. The highest BCUT2D eigenvalue weighted by molar-refractivity contribution is 6.30. The van der Waals surface area contributed by atoms with Gasteiger partial charge in [0.1, 0.15) is 5.75 Å². The van der Waals surface area contributed by atoms with Crippen LogP contribution in [0.2, 0.25) is 5.02 Å². The number of aliphatic hydroxyl groups is 1. The minimum atomic E-state index is -2.87. The van der Waals surface area contributed by atoms with E-state index in [2.05, 4.69) is 10.1 Å². The smallest absolute Gasteiger partial charge is 0.387 e. The van der Waals surface area contributed by atoms with E-state index in [4.69, 9.17) is 16.7 Å². The van der Waals surface area contributed by atoms with Crippen molar-refractivity contribution >= 4 is 11.6 Å². The number of hydrogen-bond acceptors (Lipinski definition) is 3. The van der Waals surface area contributed by atoms with E-state index in [-0.39, 0.29) is 12.4 Å². The Morgan fingerprint density at radius 1 is 1.05 bits per heavy atom. The van der Waals surface area contributed by atoms with Gasteiger partial charge in [0, 0.05) is 23.7 Å². The molecule has 2 aromatic rings. The monoisotopic (exact) mass is 327 g/mol. The van der Waals surface area contributed by atoms with Gasteiger partial charge in [-0.2, -0.15) is 8.78 Å². The normalized spacial score (nSPS) is 11.0. The van der Waals surface area contributed by atoms with Crippen LogP contribution in [0.1, 0.15) is 16.7 Å². The van der Waals surface area contributed by atoms with Crippen LogP contribution in [0, 0.1) is 0 Å². The Balaban J connectivity index is 1.96. The summed E-state index contributed by atoms with van der Waals surface area (Å²) in [5.41, 5.74) is 2.43. The highest BCUT2D eigenvalue weighted by atomic mass is 35.5. The second-order valence-electron chi connectivity index (χ2n) is 4.71. The SMILES string of the molecule is OCc1ccc(CNCc2cc(Cl)ccc2OC(F)F)cc1. The second-order valence-corrected chi connectivity index (χ2v) is 5.15. The topological polar surface area (TPSA) is 41.5 Å². The zero-order chi connectivity index (χ0) is 15.9. The highest BCUT2D eigenvalue weighted by Gasteiger charge is 2.10. The fourth-order valence-corrected chi connectivity index (χ4v) is 2.20. The zero-order valence-electron chi connectivity index (χ0n) is 11.7. The number of ether oxygens (including phenoxy) is 1. The number of nitrogens with one attached hydrogen (secondary N) is 1. The van der Waals surface area contributed by atoms with Crippen molar-refractivity contribution in [2.75, 3.05) is 0 Å². The molecule has 0 spiro atoms. The van der Waals surface area contributed by atoms with Crippen molar-refractivity contribution in [2.45, 2.75) is 26.3 Å². The first-order valence-electron chi connectivity index (χ1n) is 6.71. The second kappa shape index (κ2) is 8.08. The third-order valence-corrected chi connectivity index (χ3v) is 3.32. The summed E-state index contributed by atoms with van der Waals surface area (Å²) in [7, 11) is 0. The number of rotatable bonds is 7. The van der Waals surface area contributed by atoms with Crippen LogP contribution in [0.3, 0.4) is 0 Å². The number of hydrogen-bond donors (Lipinski definition) is 2. The predicted octanol–water partition coefficient (Wildman–Crippen LogP) is 3.72. The van der Waals surface area contributed by atoms with E-state index in [0.717, 1.165) is 11.1 Å². The molecule has 0 saturated heterocycles. The molecule has 0 saturated carbocycles. The van der Waals surface area contributed by atoms with Gasteiger partial charge in [-0.15, -0.1) is 0 Å². The molecule has 118 valence electrons. The van der Waals surface area contributed by atoms with Gasteiger partial charge in [0.05, 0.1) is 6.61 Å². The van der Waals surface area contributed by atoms with E-state index in [1.54, 1.807) is 6.07 Å². The maximum atomic E-state index is 12.4. The van der Waals surface area contributed by atoms with Crippen LogP contribution in [0.5, 0.6) is 5.75 Å². The summed E-state index contributed by atoms with van der Waals surface area (Å²) < 4.78 is 29.2. The first-order chi connectivity index (χ1) is 10.6. The molecule has 0 aliphatic heterocycles. The number of halogens is 3. The molecule has 3 nitrogen and oxygen atoms in total. The van der Waals surface area contributed by atoms with Gasteiger partial charge in [-0.3, -0.25) is 0 Å². The molecular weight excluding hydrogens is 312 g/mol. The van der Waals surface area contributed by atoms with Crippen LogP contribution in [-0.4, -0.2) is 11.7 Å². The quantitative estimate of drug-likeness (QED) is 0.814. The molecule has 0 unspecified atom stereocenters. The van der Waals surface area contributed by atoms with E-state index < -0.39 is 6.61 Å². The van der Waals surface area contributed by atoms with Crippen LogP contribution in [0.15, 0.2) is 42.5 Å². The van der Waals surface area contributed by atoms with Crippen molar-refractivity contribution in [3.63, 3.8) is 0 Å². The molecule has 2 N–H and O–H groups in total. The van der Waals surface area contributed by atoms with Crippen LogP contribution in [0.25, 0.3) is 0 Å².